The Hall–Kier alpha value is -2.78. The van der Waals surface area contributed by atoms with Crippen molar-refractivity contribution in [1.82, 2.24) is 4.90 Å². The van der Waals surface area contributed by atoms with E-state index in [9.17, 15) is 13.2 Å². The zero-order valence-electron chi connectivity index (χ0n) is 17.9. The first kappa shape index (κ1) is 22.9. The number of rotatable bonds is 9. The van der Waals surface area contributed by atoms with Gasteiger partial charge in [-0.05, 0) is 54.8 Å². The van der Waals surface area contributed by atoms with Crippen LogP contribution >= 0.6 is 0 Å². The molecule has 0 aliphatic carbocycles. The molecule has 1 unspecified atom stereocenters. The molecule has 1 amide bonds. The first-order chi connectivity index (χ1) is 14.8. The van der Waals surface area contributed by atoms with Crippen molar-refractivity contribution in [3.05, 3.63) is 48.0 Å². The van der Waals surface area contributed by atoms with Gasteiger partial charge in [0.05, 0.1) is 20.3 Å². The van der Waals surface area contributed by atoms with Crippen molar-refractivity contribution in [1.29, 1.82) is 0 Å². The second-order valence-corrected chi connectivity index (χ2v) is 8.78. The van der Waals surface area contributed by atoms with Gasteiger partial charge < -0.3 is 23.3 Å². The second kappa shape index (κ2) is 10.0. The van der Waals surface area contributed by atoms with Crippen LogP contribution in [0.4, 0.5) is 0 Å². The van der Waals surface area contributed by atoms with E-state index >= 15 is 0 Å². The topological polar surface area (TPSA) is 91.4 Å². The van der Waals surface area contributed by atoms with Crippen molar-refractivity contribution in [3.8, 4) is 17.2 Å². The van der Waals surface area contributed by atoms with E-state index in [1.807, 2.05) is 0 Å². The zero-order valence-corrected chi connectivity index (χ0v) is 18.7. The molecule has 1 saturated heterocycles. The van der Waals surface area contributed by atoms with E-state index in [0.717, 1.165) is 12.8 Å². The fourth-order valence-corrected chi connectivity index (χ4v) is 4.28. The van der Waals surface area contributed by atoms with Crippen molar-refractivity contribution in [2.45, 2.75) is 37.3 Å². The summed E-state index contributed by atoms with van der Waals surface area (Å²) in [6.45, 7) is 3.00. The quantitative estimate of drug-likeness (QED) is 0.544. The first-order valence-corrected chi connectivity index (χ1v) is 11.4. The molecule has 0 spiro atoms. The largest absolute Gasteiger partial charge is 0.497 e. The van der Waals surface area contributed by atoms with Gasteiger partial charge in [-0.2, -0.15) is 8.42 Å². The molecule has 2 aromatic rings. The molecule has 1 fully saturated rings. The third kappa shape index (κ3) is 5.89. The van der Waals surface area contributed by atoms with Crippen LogP contribution in [-0.2, 0) is 26.2 Å². The molecule has 3 rings (SSSR count). The maximum atomic E-state index is 12.7. The summed E-state index contributed by atoms with van der Waals surface area (Å²) < 4.78 is 46.8. The summed E-state index contributed by atoms with van der Waals surface area (Å²) in [6, 6.07) is 10.9. The Balaban J connectivity index is 1.81. The average Bonchev–Trinajstić information content (AvgIpc) is 3.26. The normalized spacial score (nSPS) is 16.0. The number of hydrogen-bond donors (Lipinski definition) is 0. The maximum absolute atomic E-state index is 12.7. The van der Waals surface area contributed by atoms with Crippen molar-refractivity contribution in [3.63, 3.8) is 0 Å². The number of amides is 1. The molecule has 0 aromatic heterocycles. The van der Waals surface area contributed by atoms with Crippen LogP contribution in [0.3, 0.4) is 0 Å². The van der Waals surface area contributed by atoms with Gasteiger partial charge in [-0.25, -0.2) is 0 Å². The van der Waals surface area contributed by atoms with Crippen LogP contribution in [0.2, 0.25) is 0 Å². The number of methoxy groups -OCH3 is 2. The van der Waals surface area contributed by atoms with Gasteiger partial charge >= 0.3 is 10.1 Å². The highest BCUT2D eigenvalue weighted by Crippen LogP contribution is 2.32. The molecule has 1 aliphatic heterocycles. The highest BCUT2D eigenvalue weighted by Gasteiger charge is 2.23. The molecular formula is C22H27NO7S. The molecular weight excluding hydrogens is 422 g/mol. The molecule has 1 atom stereocenters. The van der Waals surface area contributed by atoms with Gasteiger partial charge in [0.25, 0.3) is 0 Å². The number of hydrogen-bond acceptors (Lipinski definition) is 7. The zero-order chi connectivity index (χ0) is 22.4. The molecule has 9 heteroatoms. The monoisotopic (exact) mass is 449 g/mol. The van der Waals surface area contributed by atoms with Gasteiger partial charge in [-0.1, -0.05) is 6.07 Å². The molecule has 168 valence electrons. The number of carbonyl (C=O) groups is 1. The van der Waals surface area contributed by atoms with Crippen molar-refractivity contribution in [2.75, 3.05) is 27.4 Å². The molecule has 8 nitrogen and oxygen atoms in total. The Bertz CT molecular complexity index is 999. The minimum absolute atomic E-state index is 0.00972. The standard InChI is InChI=1S/C22H27NO7S/c1-16(24)23(15-19-5-4-12-29-19)14-17-6-11-21(28-3)22(13-17)30-31(25,26)20-9-7-18(27-2)8-10-20/h6-11,13,19H,4-5,12,14-15H2,1-3H3. The molecule has 1 heterocycles. The van der Waals surface area contributed by atoms with Crippen LogP contribution in [0, 0.1) is 0 Å². The van der Waals surface area contributed by atoms with Crippen LogP contribution in [-0.4, -0.2) is 52.7 Å². The van der Waals surface area contributed by atoms with Gasteiger partial charge in [-0.3, -0.25) is 4.79 Å². The fourth-order valence-electron chi connectivity index (χ4n) is 3.35. The summed E-state index contributed by atoms with van der Waals surface area (Å²) in [5.41, 5.74) is 0.717. The molecule has 0 N–H and O–H groups in total. The minimum atomic E-state index is -4.09. The fraction of sp³-hybridized carbons (Fsp3) is 0.409. The summed E-state index contributed by atoms with van der Waals surface area (Å²) in [5.74, 6) is 0.777. The third-order valence-electron chi connectivity index (χ3n) is 5.04. The van der Waals surface area contributed by atoms with E-state index in [-0.39, 0.29) is 28.4 Å². The SMILES string of the molecule is COc1ccc(S(=O)(=O)Oc2cc(CN(CC3CCCO3)C(C)=O)ccc2OC)cc1. The highest BCUT2D eigenvalue weighted by atomic mass is 32.2. The molecule has 0 bridgehead atoms. The molecule has 31 heavy (non-hydrogen) atoms. The van der Waals surface area contributed by atoms with Gasteiger partial charge in [0.2, 0.25) is 5.91 Å². The van der Waals surface area contributed by atoms with E-state index in [0.29, 0.717) is 31.0 Å². The summed E-state index contributed by atoms with van der Waals surface area (Å²) in [6.07, 6.45) is 1.93. The highest BCUT2D eigenvalue weighted by molar-refractivity contribution is 7.87. The lowest BCUT2D eigenvalue weighted by atomic mass is 10.1. The lowest BCUT2D eigenvalue weighted by Crippen LogP contribution is -2.35. The Kier molecular flexibility index (Phi) is 7.40. The maximum Gasteiger partial charge on any atom is 0.339 e. The van der Waals surface area contributed by atoms with Crippen LogP contribution in [0.15, 0.2) is 47.4 Å². The molecule has 0 saturated carbocycles. The van der Waals surface area contributed by atoms with Gasteiger partial charge in [0.15, 0.2) is 11.5 Å². The number of carbonyl (C=O) groups excluding carboxylic acids is 1. The van der Waals surface area contributed by atoms with Crippen LogP contribution < -0.4 is 13.7 Å². The smallest absolute Gasteiger partial charge is 0.339 e. The Labute approximate surface area is 182 Å². The van der Waals surface area contributed by atoms with Crippen LogP contribution in [0.5, 0.6) is 17.2 Å². The predicted molar refractivity (Wildman–Crippen MR) is 114 cm³/mol. The number of ether oxygens (including phenoxy) is 3. The predicted octanol–water partition coefficient (Wildman–Crippen LogP) is 3.00. The summed E-state index contributed by atoms with van der Waals surface area (Å²) in [4.78, 5) is 13.8. The Morgan fingerprint density at radius 1 is 1.10 bits per heavy atom. The minimum Gasteiger partial charge on any atom is -0.497 e. The van der Waals surface area contributed by atoms with E-state index in [4.69, 9.17) is 18.4 Å². The van der Waals surface area contributed by atoms with Crippen molar-refractivity contribution in [2.24, 2.45) is 0 Å². The number of nitrogens with zero attached hydrogens (tertiary/aromatic N) is 1. The van der Waals surface area contributed by atoms with E-state index < -0.39 is 10.1 Å². The first-order valence-electron chi connectivity index (χ1n) is 9.95. The Morgan fingerprint density at radius 2 is 1.84 bits per heavy atom. The molecule has 2 aromatic carbocycles. The van der Waals surface area contributed by atoms with E-state index in [1.165, 1.54) is 33.3 Å². The summed E-state index contributed by atoms with van der Waals surface area (Å²) in [7, 11) is -1.16. The lowest BCUT2D eigenvalue weighted by molar-refractivity contribution is -0.131. The van der Waals surface area contributed by atoms with Gasteiger partial charge in [-0.15, -0.1) is 0 Å². The lowest BCUT2D eigenvalue weighted by Gasteiger charge is -2.24. The van der Waals surface area contributed by atoms with E-state index in [1.54, 1.807) is 35.2 Å². The van der Waals surface area contributed by atoms with Crippen LogP contribution in [0.1, 0.15) is 25.3 Å². The van der Waals surface area contributed by atoms with E-state index in [2.05, 4.69) is 0 Å². The van der Waals surface area contributed by atoms with Crippen molar-refractivity contribution < 1.29 is 31.6 Å². The molecule has 1 aliphatic rings. The summed E-state index contributed by atoms with van der Waals surface area (Å²) in [5, 5.41) is 0. The summed E-state index contributed by atoms with van der Waals surface area (Å²) >= 11 is 0. The second-order valence-electron chi connectivity index (χ2n) is 7.23. The van der Waals surface area contributed by atoms with Crippen molar-refractivity contribution >= 4 is 16.0 Å². The van der Waals surface area contributed by atoms with Gasteiger partial charge in [0, 0.05) is 26.6 Å². The number of benzene rings is 2. The van der Waals surface area contributed by atoms with Crippen LogP contribution in [0.25, 0.3) is 0 Å². The average molecular weight is 450 g/mol. The Morgan fingerprint density at radius 3 is 2.42 bits per heavy atom. The van der Waals surface area contributed by atoms with Gasteiger partial charge in [0.1, 0.15) is 10.6 Å². The molecule has 0 radical (unpaired) electrons. The third-order valence-corrected chi connectivity index (χ3v) is 6.29.